The largest absolute Gasteiger partial charge is 0.326 e. The zero-order valence-electron chi connectivity index (χ0n) is 12.5. The molecule has 1 heterocycles. The predicted octanol–water partition coefficient (Wildman–Crippen LogP) is 2.84. The van der Waals surface area contributed by atoms with Crippen LogP contribution in [0.1, 0.15) is 46.2 Å². The van der Waals surface area contributed by atoms with Crippen LogP contribution in [0.3, 0.4) is 0 Å². The second-order valence-electron chi connectivity index (χ2n) is 6.29. The van der Waals surface area contributed by atoms with Gasteiger partial charge in [-0.15, -0.1) is 0 Å². The number of rotatable bonds is 4. The smallest absolute Gasteiger partial charge is 0.0497 e. The lowest BCUT2D eigenvalue weighted by molar-refractivity contribution is 0.0867. The van der Waals surface area contributed by atoms with E-state index in [4.69, 9.17) is 5.73 Å². The van der Waals surface area contributed by atoms with Gasteiger partial charge >= 0.3 is 0 Å². The molecule has 0 saturated heterocycles. The third kappa shape index (κ3) is 3.53. The molecule has 0 amide bonds. The van der Waals surface area contributed by atoms with Crippen LogP contribution in [0, 0.1) is 5.41 Å². The van der Waals surface area contributed by atoms with Gasteiger partial charge in [-0.3, -0.25) is 9.88 Å². The fourth-order valence-corrected chi connectivity index (χ4v) is 2.32. The van der Waals surface area contributed by atoms with Crippen LogP contribution >= 0.6 is 0 Å². The van der Waals surface area contributed by atoms with Gasteiger partial charge in [0.05, 0.1) is 0 Å². The second kappa shape index (κ2) is 5.81. The fraction of sp³-hybridized carbons (Fsp3) is 0.667. The number of nitrogens with zero attached hydrogens (tertiary/aromatic N) is 2. The molecule has 0 bridgehead atoms. The van der Waals surface area contributed by atoms with Gasteiger partial charge in [0.25, 0.3) is 0 Å². The number of hydrogen-bond donors (Lipinski definition) is 1. The quantitative estimate of drug-likeness (QED) is 0.892. The van der Waals surface area contributed by atoms with Gasteiger partial charge < -0.3 is 5.73 Å². The Labute approximate surface area is 111 Å². The molecule has 18 heavy (non-hydrogen) atoms. The highest BCUT2D eigenvalue weighted by Crippen LogP contribution is 2.31. The van der Waals surface area contributed by atoms with E-state index in [2.05, 4.69) is 63.7 Å². The number of pyridine rings is 1. The first-order valence-corrected chi connectivity index (χ1v) is 6.62. The average Bonchev–Trinajstić information content (AvgIpc) is 2.27. The lowest BCUT2D eigenvalue weighted by atomic mass is 9.85. The van der Waals surface area contributed by atoms with Crippen LogP contribution in [0.25, 0.3) is 0 Å². The molecular formula is C15H27N3. The molecule has 3 nitrogen and oxygen atoms in total. The van der Waals surface area contributed by atoms with Crippen molar-refractivity contribution < 1.29 is 0 Å². The van der Waals surface area contributed by atoms with Crippen molar-refractivity contribution >= 4 is 0 Å². The third-order valence-corrected chi connectivity index (χ3v) is 3.85. The van der Waals surface area contributed by atoms with Crippen LogP contribution in [0.4, 0.5) is 0 Å². The molecule has 0 saturated carbocycles. The monoisotopic (exact) mass is 249 g/mol. The molecule has 3 heteroatoms. The number of aromatic nitrogens is 1. The van der Waals surface area contributed by atoms with Crippen LogP contribution in [0.2, 0.25) is 0 Å². The van der Waals surface area contributed by atoms with E-state index in [0.717, 1.165) is 0 Å². The van der Waals surface area contributed by atoms with Crippen molar-refractivity contribution in [2.24, 2.45) is 11.1 Å². The maximum atomic E-state index is 6.19. The summed E-state index contributed by atoms with van der Waals surface area (Å²) in [5, 5.41) is 0. The van der Waals surface area contributed by atoms with Crippen LogP contribution in [0.15, 0.2) is 24.5 Å². The standard InChI is InChI=1S/C15H27N3/c1-11(16)14(13-7-9-17-10-8-13)18(6)12(2)15(3,4)5/h7-12,14H,16H2,1-6H3. The van der Waals surface area contributed by atoms with E-state index in [1.54, 1.807) is 0 Å². The van der Waals surface area contributed by atoms with Crippen molar-refractivity contribution in [2.45, 2.75) is 52.7 Å². The Morgan fingerprint density at radius 1 is 1.17 bits per heavy atom. The first-order valence-electron chi connectivity index (χ1n) is 6.62. The summed E-state index contributed by atoms with van der Waals surface area (Å²) in [4.78, 5) is 6.46. The molecule has 3 unspecified atom stereocenters. The topological polar surface area (TPSA) is 42.1 Å². The SMILES string of the molecule is CC(N)C(c1ccncc1)N(C)C(C)C(C)(C)C. The summed E-state index contributed by atoms with van der Waals surface area (Å²) in [7, 11) is 2.16. The maximum Gasteiger partial charge on any atom is 0.0497 e. The van der Waals surface area contributed by atoms with E-state index in [1.807, 2.05) is 12.4 Å². The zero-order chi connectivity index (χ0) is 13.9. The summed E-state index contributed by atoms with van der Waals surface area (Å²) >= 11 is 0. The van der Waals surface area contributed by atoms with Crippen molar-refractivity contribution in [1.82, 2.24) is 9.88 Å². The minimum Gasteiger partial charge on any atom is -0.326 e. The Morgan fingerprint density at radius 2 is 1.67 bits per heavy atom. The molecule has 1 aromatic rings. The molecule has 0 radical (unpaired) electrons. The minimum atomic E-state index is 0.0854. The summed E-state index contributed by atoms with van der Waals surface area (Å²) in [6, 6.07) is 4.87. The van der Waals surface area contributed by atoms with E-state index in [-0.39, 0.29) is 17.5 Å². The van der Waals surface area contributed by atoms with Gasteiger partial charge in [-0.2, -0.15) is 0 Å². The molecule has 0 aromatic carbocycles. The molecule has 0 aliphatic carbocycles. The second-order valence-corrected chi connectivity index (χ2v) is 6.29. The summed E-state index contributed by atoms with van der Waals surface area (Å²) in [6.45, 7) is 11.1. The Hall–Kier alpha value is -0.930. The lowest BCUT2D eigenvalue weighted by Gasteiger charge is -2.42. The first kappa shape index (κ1) is 15.1. The van der Waals surface area contributed by atoms with Crippen molar-refractivity contribution in [3.63, 3.8) is 0 Å². The summed E-state index contributed by atoms with van der Waals surface area (Å²) in [5.41, 5.74) is 7.65. The van der Waals surface area contributed by atoms with Gasteiger partial charge in [-0.1, -0.05) is 20.8 Å². The molecule has 1 rings (SSSR count). The molecule has 0 fully saturated rings. The maximum absolute atomic E-state index is 6.19. The predicted molar refractivity (Wildman–Crippen MR) is 77.3 cm³/mol. The van der Waals surface area contributed by atoms with Gasteiger partial charge in [-0.25, -0.2) is 0 Å². The van der Waals surface area contributed by atoms with Gasteiger partial charge in [0.2, 0.25) is 0 Å². The van der Waals surface area contributed by atoms with Crippen molar-refractivity contribution in [3.05, 3.63) is 30.1 Å². The van der Waals surface area contributed by atoms with Crippen LogP contribution in [-0.4, -0.2) is 29.0 Å². The Bertz CT molecular complexity index is 354. The molecule has 2 N–H and O–H groups in total. The van der Waals surface area contributed by atoms with Gasteiger partial charge in [0.1, 0.15) is 0 Å². The Kier molecular flexibility index (Phi) is 4.88. The molecule has 102 valence electrons. The summed E-state index contributed by atoms with van der Waals surface area (Å²) < 4.78 is 0. The molecule has 0 aliphatic rings. The van der Waals surface area contributed by atoms with Crippen molar-refractivity contribution in [1.29, 1.82) is 0 Å². The van der Waals surface area contributed by atoms with E-state index >= 15 is 0 Å². The fourth-order valence-electron chi connectivity index (χ4n) is 2.32. The minimum absolute atomic E-state index is 0.0854. The van der Waals surface area contributed by atoms with E-state index in [1.165, 1.54) is 5.56 Å². The zero-order valence-corrected chi connectivity index (χ0v) is 12.5. The van der Waals surface area contributed by atoms with Crippen LogP contribution < -0.4 is 5.73 Å². The first-order chi connectivity index (χ1) is 8.25. The van der Waals surface area contributed by atoms with E-state index < -0.39 is 0 Å². The molecular weight excluding hydrogens is 222 g/mol. The van der Waals surface area contributed by atoms with Gasteiger partial charge in [0, 0.05) is 30.5 Å². The Balaban J connectivity index is 3.00. The molecule has 1 aromatic heterocycles. The number of nitrogens with two attached hydrogens (primary N) is 1. The summed E-state index contributed by atoms with van der Waals surface area (Å²) in [6.07, 6.45) is 3.67. The van der Waals surface area contributed by atoms with Gasteiger partial charge in [-0.05, 0) is 44.0 Å². The van der Waals surface area contributed by atoms with Gasteiger partial charge in [0.15, 0.2) is 0 Å². The van der Waals surface area contributed by atoms with E-state index in [0.29, 0.717) is 6.04 Å². The average molecular weight is 249 g/mol. The lowest BCUT2D eigenvalue weighted by Crippen LogP contribution is -2.46. The Morgan fingerprint density at radius 3 is 2.06 bits per heavy atom. The number of hydrogen-bond acceptors (Lipinski definition) is 3. The van der Waals surface area contributed by atoms with Crippen molar-refractivity contribution in [3.8, 4) is 0 Å². The highest BCUT2D eigenvalue weighted by molar-refractivity contribution is 5.17. The molecule has 3 atom stereocenters. The summed E-state index contributed by atoms with van der Waals surface area (Å²) in [5.74, 6) is 0. The number of likely N-dealkylation sites (N-methyl/N-ethyl adjacent to an activating group) is 1. The molecule has 0 aliphatic heterocycles. The third-order valence-electron chi connectivity index (χ3n) is 3.85. The highest BCUT2D eigenvalue weighted by atomic mass is 15.2. The molecule has 0 spiro atoms. The normalized spacial score (nSPS) is 17.6. The van der Waals surface area contributed by atoms with Crippen molar-refractivity contribution in [2.75, 3.05) is 7.05 Å². The van der Waals surface area contributed by atoms with E-state index in [9.17, 15) is 0 Å². The highest BCUT2D eigenvalue weighted by Gasteiger charge is 2.31. The van der Waals surface area contributed by atoms with Crippen LogP contribution in [-0.2, 0) is 0 Å². The van der Waals surface area contributed by atoms with Crippen LogP contribution in [0.5, 0.6) is 0 Å².